The van der Waals surface area contributed by atoms with Gasteiger partial charge < -0.3 is 0 Å². The number of thioether (sulfide) groups is 2. The van der Waals surface area contributed by atoms with Gasteiger partial charge >= 0.3 is 0 Å². The molecule has 1 fully saturated rings. The largest absolute Gasteiger partial charge is 0.271 e. The molecule has 0 radical (unpaired) electrons. The highest BCUT2D eigenvalue weighted by Crippen LogP contribution is 2.33. The Morgan fingerprint density at radius 3 is 2.88 bits per heavy atom. The maximum atomic E-state index is 12.1. The lowest BCUT2D eigenvalue weighted by Gasteiger charge is -2.16. The second kappa shape index (κ2) is 4.14. The van der Waals surface area contributed by atoms with E-state index in [0.29, 0.717) is 0 Å². The van der Waals surface area contributed by atoms with Crippen LogP contribution in [0.15, 0.2) is 35.4 Å². The van der Waals surface area contributed by atoms with Crippen molar-refractivity contribution in [3.63, 3.8) is 0 Å². The molecule has 1 amide bonds. The molecule has 0 saturated carbocycles. The molecule has 1 atom stereocenters. The van der Waals surface area contributed by atoms with Crippen molar-refractivity contribution < 1.29 is 4.79 Å². The van der Waals surface area contributed by atoms with E-state index in [1.54, 1.807) is 16.8 Å². The Balaban J connectivity index is 1.93. The second-order valence-electron chi connectivity index (χ2n) is 3.59. The minimum absolute atomic E-state index is 0.0403. The molecule has 82 valence electrons. The minimum Gasteiger partial charge on any atom is -0.271 e. The molecule has 2 heterocycles. The van der Waals surface area contributed by atoms with Crippen molar-refractivity contribution >= 4 is 40.8 Å². The van der Waals surface area contributed by atoms with Crippen molar-refractivity contribution in [1.82, 2.24) is 0 Å². The topological polar surface area (TPSA) is 32.7 Å². The Morgan fingerprint density at radius 1 is 1.31 bits per heavy atom. The van der Waals surface area contributed by atoms with E-state index in [1.165, 1.54) is 0 Å². The van der Waals surface area contributed by atoms with E-state index in [4.69, 9.17) is 0 Å². The van der Waals surface area contributed by atoms with E-state index >= 15 is 0 Å². The van der Waals surface area contributed by atoms with Crippen LogP contribution in [0.25, 0.3) is 0 Å². The molecule has 1 saturated heterocycles. The second-order valence-corrected chi connectivity index (χ2v) is 6.03. The quantitative estimate of drug-likeness (QED) is 0.766. The van der Waals surface area contributed by atoms with Crippen LogP contribution in [0.2, 0.25) is 0 Å². The average molecular weight is 250 g/mol. The highest BCUT2D eigenvalue weighted by atomic mass is 32.2. The van der Waals surface area contributed by atoms with E-state index in [9.17, 15) is 4.79 Å². The van der Waals surface area contributed by atoms with Crippen molar-refractivity contribution in [2.24, 2.45) is 5.10 Å². The van der Waals surface area contributed by atoms with Crippen molar-refractivity contribution in [3.05, 3.63) is 30.3 Å². The Hall–Kier alpha value is -0.940. The summed E-state index contributed by atoms with van der Waals surface area (Å²) < 4.78 is 0. The number of nitrogens with zero attached hydrogens (tertiary/aromatic N) is 2. The van der Waals surface area contributed by atoms with E-state index in [1.807, 2.05) is 42.1 Å². The number of hydrogen-bond acceptors (Lipinski definition) is 4. The van der Waals surface area contributed by atoms with Gasteiger partial charge in [0.2, 0.25) is 0 Å². The van der Waals surface area contributed by atoms with E-state index in [0.717, 1.165) is 22.2 Å². The monoisotopic (exact) mass is 250 g/mol. The van der Waals surface area contributed by atoms with Gasteiger partial charge in [0.05, 0.1) is 11.4 Å². The maximum Gasteiger partial charge on any atom is 0.266 e. The fourth-order valence-electron chi connectivity index (χ4n) is 1.77. The SMILES string of the molecule is O=C1C2SCSCC2=NN1c1ccccc1. The van der Waals surface area contributed by atoms with Gasteiger partial charge in [-0.05, 0) is 12.1 Å². The first-order valence-electron chi connectivity index (χ1n) is 5.02. The first kappa shape index (κ1) is 10.2. The highest BCUT2D eigenvalue weighted by Gasteiger charge is 2.38. The number of hydrazone groups is 1. The van der Waals surface area contributed by atoms with Gasteiger partial charge in [-0.3, -0.25) is 4.79 Å². The van der Waals surface area contributed by atoms with Crippen LogP contribution >= 0.6 is 23.5 Å². The molecule has 0 aliphatic carbocycles. The minimum atomic E-state index is -0.0403. The number of rotatable bonds is 1. The lowest BCUT2D eigenvalue weighted by molar-refractivity contribution is -0.116. The van der Waals surface area contributed by atoms with Gasteiger partial charge in [0.25, 0.3) is 5.91 Å². The number of carbonyl (C=O) groups is 1. The van der Waals surface area contributed by atoms with Gasteiger partial charge in [0, 0.05) is 10.8 Å². The third-order valence-electron chi connectivity index (χ3n) is 2.53. The summed E-state index contributed by atoms with van der Waals surface area (Å²) in [6, 6.07) is 9.61. The summed E-state index contributed by atoms with van der Waals surface area (Å²) in [6.45, 7) is 0. The molecular formula is C11H10N2OS2. The van der Waals surface area contributed by atoms with Crippen molar-refractivity contribution in [1.29, 1.82) is 0 Å². The van der Waals surface area contributed by atoms with Gasteiger partial charge in [-0.25, -0.2) is 0 Å². The summed E-state index contributed by atoms with van der Waals surface area (Å²) in [5.74, 6) is 0.985. The Morgan fingerprint density at radius 2 is 2.12 bits per heavy atom. The third-order valence-corrected chi connectivity index (χ3v) is 5.05. The van der Waals surface area contributed by atoms with E-state index < -0.39 is 0 Å². The molecule has 0 aromatic heterocycles. The van der Waals surface area contributed by atoms with Crippen LogP contribution < -0.4 is 5.01 Å². The number of benzene rings is 1. The van der Waals surface area contributed by atoms with Gasteiger partial charge in [-0.1, -0.05) is 18.2 Å². The fourth-order valence-corrected chi connectivity index (χ4v) is 4.14. The number of fused-ring (bicyclic) bond motifs is 1. The molecule has 3 rings (SSSR count). The number of anilines is 1. The molecular weight excluding hydrogens is 240 g/mol. The van der Waals surface area contributed by atoms with Crippen molar-refractivity contribution in [2.45, 2.75) is 5.25 Å². The number of amides is 1. The molecule has 1 aromatic carbocycles. The Kier molecular flexibility index (Phi) is 2.65. The smallest absolute Gasteiger partial charge is 0.266 e. The summed E-state index contributed by atoms with van der Waals surface area (Å²) in [5.41, 5.74) is 1.87. The first-order valence-corrected chi connectivity index (χ1v) is 7.22. The Bertz CT molecular complexity index is 447. The molecule has 2 aliphatic heterocycles. The lowest BCUT2D eigenvalue weighted by Crippen LogP contribution is -2.31. The van der Waals surface area contributed by atoms with Crippen LogP contribution in [0.1, 0.15) is 0 Å². The normalized spacial score (nSPS) is 24.2. The highest BCUT2D eigenvalue weighted by molar-refractivity contribution is 8.18. The third kappa shape index (κ3) is 1.64. The summed E-state index contributed by atoms with van der Waals surface area (Å²) in [5, 5.41) is 6.90. The van der Waals surface area contributed by atoms with Gasteiger partial charge in [-0.15, -0.1) is 23.5 Å². The maximum absolute atomic E-state index is 12.1. The van der Waals surface area contributed by atoms with Crippen LogP contribution in [0.5, 0.6) is 0 Å². The van der Waals surface area contributed by atoms with Crippen LogP contribution in [-0.4, -0.2) is 27.7 Å². The summed E-state index contributed by atoms with van der Waals surface area (Å²) >= 11 is 3.51. The van der Waals surface area contributed by atoms with Crippen molar-refractivity contribution in [2.75, 3.05) is 15.8 Å². The molecule has 2 aliphatic rings. The molecule has 3 nitrogen and oxygen atoms in total. The van der Waals surface area contributed by atoms with Gasteiger partial charge in [0.15, 0.2) is 0 Å². The zero-order valence-electron chi connectivity index (χ0n) is 8.50. The van der Waals surface area contributed by atoms with Gasteiger partial charge in [-0.2, -0.15) is 10.1 Å². The van der Waals surface area contributed by atoms with Crippen LogP contribution in [-0.2, 0) is 4.79 Å². The summed E-state index contributed by atoms with van der Waals surface area (Å²) in [4.78, 5) is 12.1. The number of hydrogen-bond donors (Lipinski definition) is 0. The molecule has 1 aromatic rings. The number of carbonyl (C=O) groups excluding carboxylic acids is 1. The molecule has 1 unspecified atom stereocenters. The molecule has 5 heteroatoms. The standard InChI is InChI=1S/C11H10N2OS2/c14-11-10-9(6-15-7-16-10)12-13(11)8-4-2-1-3-5-8/h1-5,10H,6-7H2. The van der Waals surface area contributed by atoms with Crippen molar-refractivity contribution in [3.8, 4) is 0 Å². The van der Waals surface area contributed by atoms with E-state index in [2.05, 4.69) is 5.10 Å². The summed E-state index contributed by atoms with van der Waals surface area (Å²) in [7, 11) is 0. The first-order chi connectivity index (χ1) is 7.86. The summed E-state index contributed by atoms with van der Waals surface area (Å²) in [6.07, 6.45) is 0. The molecule has 0 spiro atoms. The van der Waals surface area contributed by atoms with E-state index in [-0.39, 0.29) is 11.2 Å². The predicted molar refractivity (Wildman–Crippen MR) is 70.1 cm³/mol. The Labute approximate surface area is 102 Å². The fraction of sp³-hybridized carbons (Fsp3) is 0.273. The van der Waals surface area contributed by atoms with Gasteiger partial charge in [0.1, 0.15) is 5.25 Å². The number of para-hydroxylation sites is 1. The van der Waals surface area contributed by atoms with Crippen LogP contribution in [0, 0.1) is 0 Å². The van der Waals surface area contributed by atoms with Crippen LogP contribution in [0.4, 0.5) is 5.69 Å². The molecule has 16 heavy (non-hydrogen) atoms. The zero-order valence-corrected chi connectivity index (χ0v) is 10.1. The van der Waals surface area contributed by atoms with Crippen LogP contribution in [0.3, 0.4) is 0 Å². The average Bonchev–Trinajstić information content (AvgIpc) is 2.69. The lowest BCUT2D eigenvalue weighted by atomic mass is 10.2. The zero-order chi connectivity index (χ0) is 11.0. The predicted octanol–water partition coefficient (Wildman–Crippen LogP) is 2.20. The molecule has 0 N–H and O–H groups in total. The molecule has 0 bridgehead atoms.